The van der Waals surface area contributed by atoms with Gasteiger partial charge in [0.15, 0.2) is 0 Å². The quantitative estimate of drug-likeness (QED) is 0.912. The summed E-state index contributed by atoms with van der Waals surface area (Å²) in [6.45, 7) is 4.61. The van der Waals surface area contributed by atoms with E-state index in [0.717, 1.165) is 41.7 Å². The van der Waals surface area contributed by atoms with E-state index in [1.165, 1.54) is 12.8 Å². The number of hydrogen-bond acceptors (Lipinski definition) is 3. The molecule has 1 aromatic carbocycles. The van der Waals surface area contributed by atoms with Crippen molar-refractivity contribution in [3.05, 3.63) is 23.8 Å². The highest BCUT2D eigenvalue weighted by Crippen LogP contribution is 2.46. The van der Waals surface area contributed by atoms with E-state index in [0.29, 0.717) is 0 Å². The predicted octanol–water partition coefficient (Wildman–Crippen LogP) is 3.70. The van der Waals surface area contributed by atoms with Crippen LogP contribution in [0.1, 0.15) is 45.1 Å². The highest BCUT2D eigenvalue weighted by atomic mass is 16.5. The summed E-state index contributed by atoms with van der Waals surface area (Å²) in [6, 6.07) is 5.90. The first-order chi connectivity index (χ1) is 9.51. The standard InChI is InChI=1S/C17H27NO2/c1-12(2)13-8-10-17(18,11-9-13)16-14(19-3)6-5-7-15(16)20-4/h5-7,12-13H,8-11,18H2,1-4H3. The van der Waals surface area contributed by atoms with Crippen molar-refractivity contribution in [3.8, 4) is 11.5 Å². The molecule has 1 aliphatic rings. The first-order valence-corrected chi connectivity index (χ1v) is 7.52. The molecule has 0 aliphatic heterocycles. The number of nitrogens with two attached hydrogens (primary N) is 1. The van der Waals surface area contributed by atoms with Crippen LogP contribution in [0.4, 0.5) is 0 Å². The van der Waals surface area contributed by atoms with Crippen molar-refractivity contribution in [1.29, 1.82) is 0 Å². The van der Waals surface area contributed by atoms with E-state index in [4.69, 9.17) is 15.2 Å². The van der Waals surface area contributed by atoms with Crippen LogP contribution >= 0.6 is 0 Å². The van der Waals surface area contributed by atoms with Crippen LogP contribution in [-0.4, -0.2) is 14.2 Å². The molecule has 0 aromatic heterocycles. The molecule has 2 rings (SSSR count). The third kappa shape index (κ3) is 2.78. The summed E-state index contributed by atoms with van der Waals surface area (Å²) in [5.74, 6) is 3.20. The Labute approximate surface area is 122 Å². The maximum Gasteiger partial charge on any atom is 0.127 e. The third-order valence-corrected chi connectivity index (χ3v) is 4.79. The van der Waals surface area contributed by atoms with Gasteiger partial charge in [0.2, 0.25) is 0 Å². The van der Waals surface area contributed by atoms with Crippen molar-refractivity contribution in [1.82, 2.24) is 0 Å². The zero-order chi connectivity index (χ0) is 14.8. The molecule has 0 atom stereocenters. The zero-order valence-electron chi connectivity index (χ0n) is 13.1. The van der Waals surface area contributed by atoms with Crippen LogP contribution in [-0.2, 0) is 5.54 Å². The lowest BCUT2D eigenvalue weighted by atomic mass is 9.70. The Bertz CT molecular complexity index is 426. The van der Waals surface area contributed by atoms with Gasteiger partial charge in [0.1, 0.15) is 11.5 Å². The van der Waals surface area contributed by atoms with Crippen molar-refractivity contribution in [3.63, 3.8) is 0 Å². The smallest absolute Gasteiger partial charge is 0.127 e. The molecule has 0 amide bonds. The van der Waals surface area contributed by atoms with E-state index in [-0.39, 0.29) is 5.54 Å². The molecular formula is C17H27NO2. The van der Waals surface area contributed by atoms with Gasteiger partial charge < -0.3 is 15.2 Å². The molecular weight excluding hydrogens is 250 g/mol. The van der Waals surface area contributed by atoms with Crippen molar-refractivity contribution < 1.29 is 9.47 Å². The lowest BCUT2D eigenvalue weighted by molar-refractivity contribution is 0.189. The van der Waals surface area contributed by atoms with E-state index in [2.05, 4.69) is 13.8 Å². The van der Waals surface area contributed by atoms with Crippen LogP contribution in [0.2, 0.25) is 0 Å². The van der Waals surface area contributed by atoms with Crippen LogP contribution in [0.5, 0.6) is 11.5 Å². The Morgan fingerprint density at radius 2 is 1.60 bits per heavy atom. The largest absolute Gasteiger partial charge is 0.496 e. The van der Waals surface area contributed by atoms with Crippen LogP contribution in [0.25, 0.3) is 0 Å². The number of ether oxygens (including phenoxy) is 2. The van der Waals surface area contributed by atoms with Crippen LogP contribution < -0.4 is 15.2 Å². The molecule has 112 valence electrons. The average Bonchev–Trinajstić information content (AvgIpc) is 2.46. The van der Waals surface area contributed by atoms with Gasteiger partial charge in [0, 0.05) is 5.54 Å². The number of rotatable bonds is 4. The Balaban J connectivity index is 2.31. The van der Waals surface area contributed by atoms with E-state index in [1.54, 1.807) is 14.2 Å². The second kappa shape index (κ2) is 6.04. The Morgan fingerprint density at radius 3 is 2.00 bits per heavy atom. The van der Waals surface area contributed by atoms with Gasteiger partial charge >= 0.3 is 0 Å². The first kappa shape index (κ1) is 15.2. The molecule has 1 aromatic rings. The fourth-order valence-electron chi connectivity index (χ4n) is 3.41. The minimum Gasteiger partial charge on any atom is -0.496 e. The second-order valence-electron chi connectivity index (χ2n) is 6.28. The molecule has 0 unspecified atom stereocenters. The Hall–Kier alpha value is -1.22. The van der Waals surface area contributed by atoms with Crippen molar-refractivity contribution in [2.75, 3.05) is 14.2 Å². The second-order valence-corrected chi connectivity index (χ2v) is 6.28. The SMILES string of the molecule is COc1cccc(OC)c1C1(N)CCC(C(C)C)CC1. The van der Waals surface area contributed by atoms with Crippen LogP contribution in [0, 0.1) is 11.8 Å². The third-order valence-electron chi connectivity index (χ3n) is 4.79. The predicted molar refractivity (Wildman–Crippen MR) is 82.2 cm³/mol. The van der Waals surface area contributed by atoms with Gasteiger partial charge in [-0.05, 0) is 49.7 Å². The molecule has 2 N–H and O–H groups in total. The van der Waals surface area contributed by atoms with E-state index < -0.39 is 0 Å². The lowest BCUT2D eigenvalue weighted by Crippen LogP contribution is -2.41. The van der Waals surface area contributed by atoms with Crippen molar-refractivity contribution in [2.45, 2.75) is 45.1 Å². The summed E-state index contributed by atoms with van der Waals surface area (Å²) in [5.41, 5.74) is 7.44. The summed E-state index contributed by atoms with van der Waals surface area (Å²) < 4.78 is 11.0. The average molecular weight is 277 g/mol. The van der Waals surface area contributed by atoms with Gasteiger partial charge in [-0.2, -0.15) is 0 Å². The molecule has 3 heteroatoms. The minimum absolute atomic E-state index is 0.330. The molecule has 3 nitrogen and oxygen atoms in total. The van der Waals surface area contributed by atoms with Crippen molar-refractivity contribution >= 4 is 0 Å². The Kier molecular flexibility index (Phi) is 4.59. The van der Waals surface area contributed by atoms with Gasteiger partial charge in [-0.1, -0.05) is 19.9 Å². The fourth-order valence-corrected chi connectivity index (χ4v) is 3.41. The van der Waals surface area contributed by atoms with Crippen LogP contribution in [0.15, 0.2) is 18.2 Å². The maximum absolute atomic E-state index is 6.74. The molecule has 20 heavy (non-hydrogen) atoms. The molecule has 1 aliphatic carbocycles. The normalized spacial score (nSPS) is 26.6. The van der Waals surface area contributed by atoms with Gasteiger partial charge in [-0.3, -0.25) is 0 Å². The van der Waals surface area contributed by atoms with Crippen molar-refractivity contribution in [2.24, 2.45) is 17.6 Å². The highest BCUT2D eigenvalue weighted by molar-refractivity contribution is 5.49. The number of hydrogen-bond donors (Lipinski definition) is 1. The minimum atomic E-state index is -0.330. The zero-order valence-corrected chi connectivity index (χ0v) is 13.1. The highest BCUT2D eigenvalue weighted by Gasteiger charge is 2.38. The Morgan fingerprint density at radius 1 is 1.10 bits per heavy atom. The number of methoxy groups -OCH3 is 2. The molecule has 0 saturated heterocycles. The van der Waals surface area contributed by atoms with Gasteiger partial charge in [0.05, 0.1) is 19.8 Å². The lowest BCUT2D eigenvalue weighted by Gasteiger charge is -2.40. The van der Waals surface area contributed by atoms with E-state index >= 15 is 0 Å². The molecule has 0 spiro atoms. The molecule has 0 heterocycles. The monoisotopic (exact) mass is 277 g/mol. The summed E-state index contributed by atoms with van der Waals surface area (Å²) in [5, 5.41) is 0. The van der Waals surface area contributed by atoms with E-state index in [9.17, 15) is 0 Å². The summed E-state index contributed by atoms with van der Waals surface area (Å²) in [7, 11) is 3.39. The van der Waals surface area contributed by atoms with Gasteiger partial charge in [-0.25, -0.2) is 0 Å². The summed E-state index contributed by atoms with van der Waals surface area (Å²) in [4.78, 5) is 0. The molecule has 1 fully saturated rings. The fraction of sp³-hybridized carbons (Fsp3) is 0.647. The van der Waals surface area contributed by atoms with Crippen LogP contribution in [0.3, 0.4) is 0 Å². The topological polar surface area (TPSA) is 44.5 Å². The maximum atomic E-state index is 6.74. The number of benzene rings is 1. The van der Waals surface area contributed by atoms with Gasteiger partial charge in [-0.15, -0.1) is 0 Å². The molecule has 0 radical (unpaired) electrons. The summed E-state index contributed by atoms with van der Waals surface area (Å²) in [6.07, 6.45) is 4.34. The first-order valence-electron chi connectivity index (χ1n) is 7.52. The molecule has 1 saturated carbocycles. The van der Waals surface area contributed by atoms with Gasteiger partial charge in [0.25, 0.3) is 0 Å². The molecule has 0 bridgehead atoms. The summed E-state index contributed by atoms with van der Waals surface area (Å²) >= 11 is 0. The van der Waals surface area contributed by atoms with E-state index in [1.807, 2.05) is 18.2 Å².